The van der Waals surface area contributed by atoms with Gasteiger partial charge in [0.25, 0.3) is 5.56 Å². The van der Waals surface area contributed by atoms with Crippen molar-refractivity contribution in [1.29, 1.82) is 0 Å². The van der Waals surface area contributed by atoms with Crippen molar-refractivity contribution in [2.45, 2.75) is 12.5 Å². The van der Waals surface area contributed by atoms with Crippen LogP contribution in [-0.4, -0.2) is 17.8 Å². The first kappa shape index (κ1) is 16.2. The number of pyridine rings is 1. The van der Waals surface area contributed by atoms with Gasteiger partial charge in [-0.25, -0.2) is 0 Å². The number of halogens is 1. The Morgan fingerprint density at radius 1 is 1.16 bits per heavy atom. The van der Waals surface area contributed by atoms with E-state index < -0.39 is 0 Å². The van der Waals surface area contributed by atoms with Gasteiger partial charge in [-0.1, -0.05) is 29.8 Å². The Morgan fingerprint density at radius 2 is 1.92 bits per heavy atom. The van der Waals surface area contributed by atoms with Crippen LogP contribution < -0.4 is 10.9 Å². The van der Waals surface area contributed by atoms with E-state index in [2.05, 4.69) is 11.4 Å². The molecular formula is C20H19ClN2O2. The molecule has 0 unspecified atom stereocenters. The lowest BCUT2D eigenvalue weighted by molar-refractivity contribution is -0.0449. The first-order chi connectivity index (χ1) is 12.0. The molecule has 4 rings (SSSR count). The van der Waals surface area contributed by atoms with Gasteiger partial charge in [0.2, 0.25) is 0 Å². The number of nitrogens with zero attached hydrogens (tertiary/aromatic N) is 1. The lowest BCUT2D eigenvalue weighted by Gasteiger charge is -2.44. The summed E-state index contributed by atoms with van der Waals surface area (Å²) in [6, 6.07) is 15.5. The fourth-order valence-corrected chi connectivity index (χ4v) is 3.62. The highest BCUT2D eigenvalue weighted by molar-refractivity contribution is 6.31. The van der Waals surface area contributed by atoms with E-state index in [1.165, 1.54) is 0 Å². The van der Waals surface area contributed by atoms with E-state index >= 15 is 0 Å². The molecule has 0 amide bonds. The predicted octanol–water partition coefficient (Wildman–Crippen LogP) is 3.84. The molecule has 1 fully saturated rings. The lowest BCUT2D eigenvalue weighted by Crippen LogP contribution is -2.53. The molecule has 0 aliphatic carbocycles. The third-order valence-corrected chi connectivity index (χ3v) is 5.40. The lowest BCUT2D eigenvalue weighted by atomic mass is 9.84. The van der Waals surface area contributed by atoms with E-state index in [-0.39, 0.29) is 11.1 Å². The number of rotatable bonds is 3. The Balaban J connectivity index is 1.77. The largest absolute Gasteiger partial charge is 0.376 e. The van der Waals surface area contributed by atoms with Crippen LogP contribution in [0.5, 0.6) is 0 Å². The van der Waals surface area contributed by atoms with Crippen LogP contribution in [0, 0.1) is 6.92 Å². The van der Waals surface area contributed by atoms with Crippen LogP contribution >= 0.6 is 11.6 Å². The van der Waals surface area contributed by atoms with Gasteiger partial charge in [0.05, 0.1) is 18.7 Å². The Hall–Kier alpha value is -2.30. The average Bonchev–Trinajstić information content (AvgIpc) is 2.58. The van der Waals surface area contributed by atoms with Gasteiger partial charge in [-0.15, -0.1) is 0 Å². The maximum Gasteiger partial charge on any atom is 0.250 e. The van der Waals surface area contributed by atoms with Crippen molar-refractivity contribution in [2.75, 3.05) is 18.5 Å². The highest BCUT2D eigenvalue weighted by Crippen LogP contribution is 2.37. The topological polar surface area (TPSA) is 43.3 Å². The summed E-state index contributed by atoms with van der Waals surface area (Å²) in [4.78, 5) is 11.9. The van der Waals surface area contributed by atoms with Gasteiger partial charge < -0.3 is 14.6 Å². The van der Waals surface area contributed by atoms with Crippen LogP contribution in [0.1, 0.15) is 11.1 Å². The molecule has 5 heteroatoms. The molecule has 0 saturated carbocycles. The van der Waals surface area contributed by atoms with Crippen LogP contribution in [0.25, 0.3) is 10.9 Å². The van der Waals surface area contributed by atoms with Crippen LogP contribution in [0.15, 0.2) is 53.3 Å². The maximum absolute atomic E-state index is 11.9. The first-order valence-corrected chi connectivity index (χ1v) is 8.59. The van der Waals surface area contributed by atoms with E-state index in [0.29, 0.717) is 13.2 Å². The number of hydrogen-bond donors (Lipinski definition) is 1. The molecule has 0 spiro atoms. The van der Waals surface area contributed by atoms with E-state index in [1.54, 1.807) is 17.7 Å². The highest BCUT2D eigenvalue weighted by atomic mass is 35.5. The minimum absolute atomic E-state index is 0.0166. The van der Waals surface area contributed by atoms with Gasteiger partial charge in [-0.05, 0) is 47.7 Å². The van der Waals surface area contributed by atoms with Gasteiger partial charge in [0.1, 0.15) is 5.54 Å². The number of benzene rings is 2. The zero-order valence-corrected chi connectivity index (χ0v) is 14.9. The monoisotopic (exact) mass is 354 g/mol. The number of nitrogens with one attached hydrogen (secondary N) is 1. The Bertz CT molecular complexity index is 1020. The molecule has 1 aliphatic heterocycles. The molecule has 0 radical (unpaired) electrons. The van der Waals surface area contributed by atoms with E-state index in [1.807, 2.05) is 43.3 Å². The number of hydrogen-bond acceptors (Lipinski definition) is 3. The van der Waals surface area contributed by atoms with Crippen molar-refractivity contribution in [2.24, 2.45) is 7.05 Å². The summed E-state index contributed by atoms with van der Waals surface area (Å²) in [5.41, 5.74) is 3.75. The fourth-order valence-electron chi connectivity index (χ4n) is 3.45. The van der Waals surface area contributed by atoms with Crippen LogP contribution in [0.3, 0.4) is 0 Å². The minimum atomic E-state index is -0.295. The molecule has 3 aromatic rings. The van der Waals surface area contributed by atoms with Gasteiger partial charge in [-0.3, -0.25) is 4.79 Å². The summed E-state index contributed by atoms with van der Waals surface area (Å²) in [6.07, 6.45) is 0. The van der Waals surface area contributed by atoms with E-state index in [9.17, 15) is 4.79 Å². The second-order valence-corrected chi connectivity index (χ2v) is 7.02. The van der Waals surface area contributed by atoms with Gasteiger partial charge in [0, 0.05) is 23.8 Å². The number of ether oxygens (including phenoxy) is 1. The predicted molar refractivity (Wildman–Crippen MR) is 101 cm³/mol. The number of fused-ring (bicyclic) bond motifs is 1. The summed E-state index contributed by atoms with van der Waals surface area (Å²) >= 11 is 6.31. The smallest absolute Gasteiger partial charge is 0.250 e. The molecule has 0 bridgehead atoms. The average molecular weight is 355 g/mol. The molecule has 128 valence electrons. The summed E-state index contributed by atoms with van der Waals surface area (Å²) in [5.74, 6) is 0. The Kier molecular flexibility index (Phi) is 3.82. The zero-order valence-electron chi connectivity index (χ0n) is 14.2. The van der Waals surface area contributed by atoms with Crippen molar-refractivity contribution >= 4 is 28.2 Å². The molecule has 1 N–H and O–H groups in total. The maximum atomic E-state index is 11.9. The van der Waals surface area contributed by atoms with Crippen LogP contribution in [0.4, 0.5) is 5.69 Å². The summed E-state index contributed by atoms with van der Waals surface area (Å²) in [5, 5.41) is 5.40. The fraction of sp³-hybridized carbons (Fsp3) is 0.250. The molecule has 1 aliphatic rings. The number of aromatic nitrogens is 1. The van der Waals surface area contributed by atoms with Crippen molar-refractivity contribution < 1.29 is 4.74 Å². The molecule has 2 heterocycles. The summed E-state index contributed by atoms with van der Waals surface area (Å²) < 4.78 is 7.19. The van der Waals surface area contributed by atoms with Crippen LogP contribution in [-0.2, 0) is 17.3 Å². The minimum Gasteiger partial charge on any atom is -0.376 e. The molecule has 4 nitrogen and oxygen atoms in total. The number of aryl methyl sites for hydroxylation is 1. The SMILES string of the molecule is Cc1c(Cl)cccc1C1(Nc2ccc3ccc(=O)n(C)c3c2)COC1. The first-order valence-electron chi connectivity index (χ1n) is 8.21. The zero-order chi connectivity index (χ0) is 17.6. The van der Waals surface area contributed by atoms with Gasteiger partial charge in [-0.2, -0.15) is 0 Å². The standard InChI is InChI=1S/C20H19ClN2O2/c1-13-16(4-3-5-17(13)21)20(11-25-12-20)22-15-8-6-14-7-9-19(24)23(2)18(14)10-15/h3-10,22H,11-12H2,1-2H3. The highest BCUT2D eigenvalue weighted by Gasteiger charge is 2.41. The van der Waals surface area contributed by atoms with Gasteiger partial charge >= 0.3 is 0 Å². The van der Waals surface area contributed by atoms with Crippen molar-refractivity contribution in [3.8, 4) is 0 Å². The quantitative estimate of drug-likeness (QED) is 0.777. The van der Waals surface area contributed by atoms with Gasteiger partial charge in [0.15, 0.2) is 0 Å². The van der Waals surface area contributed by atoms with Crippen molar-refractivity contribution in [1.82, 2.24) is 4.57 Å². The number of anilines is 1. The molecule has 2 aromatic carbocycles. The molecule has 0 atom stereocenters. The second-order valence-electron chi connectivity index (χ2n) is 6.62. The third kappa shape index (κ3) is 2.62. The van der Waals surface area contributed by atoms with Crippen molar-refractivity contribution in [3.05, 3.63) is 75.0 Å². The molecule has 25 heavy (non-hydrogen) atoms. The molecule has 1 saturated heterocycles. The molecule has 1 aromatic heterocycles. The molecular weight excluding hydrogens is 336 g/mol. The van der Waals surface area contributed by atoms with E-state index in [4.69, 9.17) is 16.3 Å². The van der Waals surface area contributed by atoms with Crippen molar-refractivity contribution in [3.63, 3.8) is 0 Å². The third-order valence-electron chi connectivity index (χ3n) is 4.99. The Morgan fingerprint density at radius 3 is 2.64 bits per heavy atom. The summed E-state index contributed by atoms with van der Waals surface area (Å²) in [7, 11) is 1.79. The summed E-state index contributed by atoms with van der Waals surface area (Å²) in [6.45, 7) is 3.20. The Labute approximate surface area is 151 Å². The normalized spacial score (nSPS) is 15.8. The van der Waals surface area contributed by atoms with E-state index in [0.717, 1.165) is 32.7 Å². The second kappa shape index (κ2) is 5.90. The van der Waals surface area contributed by atoms with Crippen LogP contribution in [0.2, 0.25) is 5.02 Å².